The van der Waals surface area contributed by atoms with Crippen molar-refractivity contribution in [2.75, 3.05) is 17.2 Å². The number of nitrogens with one attached hydrogen (secondary N) is 2. The van der Waals surface area contributed by atoms with Crippen LogP contribution in [-0.2, 0) is 9.53 Å². The summed E-state index contributed by atoms with van der Waals surface area (Å²) in [5.74, 6) is -1.73. The molecule has 11 heteroatoms. The van der Waals surface area contributed by atoms with Gasteiger partial charge in [-0.05, 0) is 41.8 Å². The summed E-state index contributed by atoms with van der Waals surface area (Å²) in [6.07, 6.45) is 0. The average molecular weight is 460 g/mol. The molecule has 1 aromatic heterocycles. The zero-order valence-corrected chi connectivity index (χ0v) is 17.2. The van der Waals surface area contributed by atoms with Gasteiger partial charge in [-0.2, -0.15) is 0 Å². The molecule has 0 fully saturated rings. The number of anilines is 2. The highest BCUT2D eigenvalue weighted by atomic mass is 35.5. The van der Waals surface area contributed by atoms with Gasteiger partial charge in [0.25, 0.3) is 17.5 Å². The van der Waals surface area contributed by atoms with Crippen LogP contribution in [0.2, 0.25) is 5.02 Å². The van der Waals surface area contributed by atoms with E-state index in [0.29, 0.717) is 10.6 Å². The zero-order valence-electron chi connectivity index (χ0n) is 15.7. The highest BCUT2D eigenvalue weighted by Crippen LogP contribution is 2.26. The van der Waals surface area contributed by atoms with Crippen LogP contribution < -0.4 is 10.6 Å². The molecule has 3 aromatic rings. The molecule has 2 N–H and O–H groups in total. The Kier molecular flexibility index (Phi) is 6.96. The minimum absolute atomic E-state index is 0.0303. The number of halogens is 1. The van der Waals surface area contributed by atoms with Gasteiger partial charge in [-0.15, -0.1) is 11.3 Å². The summed E-state index contributed by atoms with van der Waals surface area (Å²) in [4.78, 5) is 46.9. The van der Waals surface area contributed by atoms with Crippen LogP contribution in [0.3, 0.4) is 0 Å². The highest BCUT2D eigenvalue weighted by molar-refractivity contribution is 7.12. The van der Waals surface area contributed by atoms with Crippen molar-refractivity contribution in [1.82, 2.24) is 0 Å². The SMILES string of the molecule is O=C(COC(=O)c1ccc(NC(=O)c2cccs2)cc1)Nc1cc([N+](=O)[O-])ccc1Cl. The van der Waals surface area contributed by atoms with Crippen molar-refractivity contribution >= 4 is 57.8 Å². The van der Waals surface area contributed by atoms with Crippen LogP contribution >= 0.6 is 22.9 Å². The fourth-order valence-corrected chi connectivity index (χ4v) is 3.20. The second kappa shape index (κ2) is 9.83. The first-order valence-electron chi connectivity index (χ1n) is 8.69. The molecule has 31 heavy (non-hydrogen) atoms. The lowest BCUT2D eigenvalue weighted by molar-refractivity contribution is -0.384. The van der Waals surface area contributed by atoms with Crippen LogP contribution in [0.5, 0.6) is 0 Å². The molecule has 0 radical (unpaired) electrons. The molecule has 2 amide bonds. The molecule has 0 saturated carbocycles. The van der Waals surface area contributed by atoms with Gasteiger partial charge >= 0.3 is 5.97 Å². The maximum atomic E-state index is 12.1. The Hall–Kier alpha value is -3.76. The average Bonchev–Trinajstić information content (AvgIpc) is 3.29. The Morgan fingerprint density at radius 3 is 2.45 bits per heavy atom. The van der Waals surface area contributed by atoms with Crippen molar-refractivity contribution in [3.63, 3.8) is 0 Å². The first-order valence-corrected chi connectivity index (χ1v) is 9.95. The number of rotatable bonds is 7. The second-order valence-electron chi connectivity index (χ2n) is 6.05. The number of ether oxygens (including phenoxy) is 1. The van der Waals surface area contributed by atoms with E-state index in [1.54, 1.807) is 17.5 Å². The predicted molar refractivity (Wildman–Crippen MR) is 116 cm³/mol. The molecule has 3 rings (SSSR count). The largest absolute Gasteiger partial charge is 0.452 e. The first kappa shape index (κ1) is 21.9. The van der Waals surface area contributed by atoms with Gasteiger partial charge in [0.05, 0.1) is 26.1 Å². The van der Waals surface area contributed by atoms with Gasteiger partial charge in [-0.1, -0.05) is 17.7 Å². The Balaban J connectivity index is 1.53. The molecular formula is C20H14ClN3O6S. The molecule has 1 heterocycles. The maximum absolute atomic E-state index is 12.1. The number of carbonyl (C=O) groups excluding carboxylic acids is 3. The smallest absolute Gasteiger partial charge is 0.338 e. The topological polar surface area (TPSA) is 128 Å². The molecule has 0 unspecified atom stereocenters. The van der Waals surface area contributed by atoms with Gasteiger partial charge in [0.1, 0.15) is 0 Å². The summed E-state index contributed by atoms with van der Waals surface area (Å²) in [5, 5.41) is 17.8. The molecule has 0 saturated heterocycles. The van der Waals surface area contributed by atoms with Crippen molar-refractivity contribution in [1.29, 1.82) is 0 Å². The number of nitrogens with zero attached hydrogens (tertiary/aromatic N) is 1. The van der Waals surface area contributed by atoms with Crippen molar-refractivity contribution < 1.29 is 24.0 Å². The minimum Gasteiger partial charge on any atom is -0.452 e. The molecular weight excluding hydrogens is 446 g/mol. The van der Waals surface area contributed by atoms with Crippen LogP contribution in [-0.4, -0.2) is 29.3 Å². The quantitative estimate of drug-likeness (QED) is 0.307. The number of carbonyl (C=O) groups is 3. The van der Waals surface area contributed by atoms with Crippen molar-refractivity contribution in [2.45, 2.75) is 0 Å². The molecule has 0 aliphatic heterocycles. The second-order valence-corrected chi connectivity index (χ2v) is 7.41. The summed E-state index contributed by atoms with van der Waals surface area (Å²) >= 11 is 7.22. The summed E-state index contributed by atoms with van der Waals surface area (Å²) < 4.78 is 4.95. The molecule has 2 aromatic carbocycles. The Labute approximate surface area is 184 Å². The molecule has 158 valence electrons. The van der Waals surface area contributed by atoms with E-state index in [2.05, 4.69) is 10.6 Å². The van der Waals surface area contributed by atoms with E-state index in [1.165, 1.54) is 47.7 Å². The Bertz CT molecular complexity index is 1130. The molecule has 0 aliphatic rings. The van der Waals surface area contributed by atoms with Crippen LogP contribution in [0.1, 0.15) is 20.0 Å². The number of nitro groups is 1. The fourth-order valence-electron chi connectivity index (χ4n) is 2.41. The third kappa shape index (κ3) is 5.87. The third-order valence-electron chi connectivity index (χ3n) is 3.89. The van der Waals surface area contributed by atoms with Crippen LogP contribution in [0.15, 0.2) is 60.0 Å². The Morgan fingerprint density at radius 2 is 1.81 bits per heavy atom. The summed E-state index contributed by atoms with van der Waals surface area (Å²) in [6, 6.07) is 13.0. The molecule has 0 atom stereocenters. The van der Waals surface area contributed by atoms with Crippen LogP contribution in [0.4, 0.5) is 17.1 Å². The first-order chi connectivity index (χ1) is 14.8. The van der Waals surface area contributed by atoms with E-state index in [-0.39, 0.29) is 27.9 Å². The van der Waals surface area contributed by atoms with Crippen LogP contribution in [0.25, 0.3) is 0 Å². The van der Waals surface area contributed by atoms with Gasteiger partial charge in [-0.25, -0.2) is 4.79 Å². The van der Waals surface area contributed by atoms with Gasteiger partial charge in [0.2, 0.25) is 0 Å². The van der Waals surface area contributed by atoms with E-state index < -0.39 is 23.4 Å². The number of benzene rings is 2. The minimum atomic E-state index is -0.753. The van der Waals surface area contributed by atoms with Gasteiger partial charge < -0.3 is 15.4 Å². The lowest BCUT2D eigenvalue weighted by Gasteiger charge is -2.09. The number of hydrogen-bond acceptors (Lipinski definition) is 7. The van der Waals surface area contributed by atoms with Crippen molar-refractivity contribution in [3.8, 4) is 0 Å². The highest BCUT2D eigenvalue weighted by Gasteiger charge is 2.15. The zero-order chi connectivity index (χ0) is 22.4. The van der Waals surface area contributed by atoms with Gasteiger partial charge in [-0.3, -0.25) is 19.7 Å². The number of thiophene rings is 1. The molecule has 0 aliphatic carbocycles. The maximum Gasteiger partial charge on any atom is 0.338 e. The van der Waals surface area contributed by atoms with Crippen molar-refractivity contribution in [3.05, 3.63) is 85.6 Å². The molecule has 0 bridgehead atoms. The monoisotopic (exact) mass is 459 g/mol. The lowest BCUT2D eigenvalue weighted by Crippen LogP contribution is -2.21. The Morgan fingerprint density at radius 1 is 1.06 bits per heavy atom. The van der Waals surface area contributed by atoms with Gasteiger partial charge in [0.15, 0.2) is 6.61 Å². The molecule has 9 nitrogen and oxygen atoms in total. The van der Waals surface area contributed by atoms with E-state index in [0.717, 1.165) is 6.07 Å². The van der Waals surface area contributed by atoms with E-state index >= 15 is 0 Å². The fraction of sp³-hybridized carbons (Fsp3) is 0.0500. The summed E-state index contributed by atoms with van der Waals surface area (Å²) in [7, 11) is 0. The van der Waals surface area contributed by atoms with Gasteiger partial charge in [0, 0.05) is 17.8 Å². The number of nitro benzene ring substituents is 1. The lowest BCUT2D eigenvalue weighted by atomic mass is 10.2. The van der Waals surface area contributed by atoms with Crippen molar-refractivity contribution in [2.24, 2.45) is 0 Å². The van der Waals surface area contributed by atoms with E-state index in [4.69, 9.17) is 16.3 Å². The van der Waals surface area contributed by atoms with E-state index in [9.17, 15) is 24.5 Å². The van der Waals surface area contributed by atoms with E-state index in [1.807, 2.05) is 0 Å². The number of esters is 1. The predicted octanol–water partition coefficient (Wildman–Crippen LogP) is 4.36. The number of hydrogen-bond donors (Lipinski definition) is 2. The van der Waals surface area contributed by atoms with Crippen LogP contribution in [0, 0.1) is 10.1 Å². The third-order valence-corrected chi connectivity index (χ3v) is 5.09. The standard InChI is InChI=1S/C20H14ClN3O6S/c21-15-8-7-14(24(28)29)10-16(15)23-18(25)11-30-20(27)12-3-5-13(6-4-12)22-19(26)17-2-1-9-31-17/h1-10H,11H2,(H,22,26)(H,23,25). The summed E-state index contributed by atoms with van der Waals surface area (Å²) in [5.41, 5.74) is 0.453. The normalized spacial score (nSPS) is 10.2. The number of non-ortho nitro benzene ring substituents is 1. The summed E-state index contributed by atoms with van der Waals surface area (Å²) in [6.45, 7) is -0.616. The molecule has 0 spiro atoms. The number of amides is 2.